The van der Waals surface area contributed by atoms with Crippen LogP contribution in [0.3, 0.4) is 0 Å². The number of alkyl halides is 8. The summed E-state index contributed by atoms with van der Waals surface area (Å²) in [5, 5.41) is 0. The van der Waals surface area contributed by atoms with E-state index in [9.17, 15) is 44.7 Å². The van der Waals surface area contributed by atoms with E-state index in [1.165, 1.54) is 13.8 Å². The van der Waals surface area contributed by atoms with Crippen molar-refractivity contribution >= 4 is 11.9 Å². The molecule has 0 amide bonds. The first-order chi connectivity index (χ1) is 10.7. The summed E-state index contributed by atoms with van der Waals surface area (Å²) in [6, 6.07) is 0. The van der Waals surface area contributed by atoms with Gasteiger partial charge in [0.05, 0.1) is 6.10 Å². The van der Waals surface area contributed by atoms with Crippen molar-refractivity contribution in [3.05, 3.63) is 12.2 Å². The van der Waals surface area contributed by atoms with Crippen LogP contribution in [0.15, 0.2) is 12.2 Å². The molecule has 0 radical (unpaired) electrons. The van der Waals surface area contributed by atoms with E-state index in [2.05, 4.69) is 9.47 Å². The van der Waals surface area contributed by atoms with E-state index in [4.69, 9.17) is 0 Å². The Morgan fingerprint density at radius 2 is 1.25 bits per heavy atom. The molecular weight excluding hydrogens is 360 g/mol. The highest BCUT2D eigenvalue weighted by Gasteiger charge is 2.70. The Bertz CT molecular complexity index is 478. The second-order valence-electron chi connectivity index (χ2n) is 4.55. The number of hydrogen-bond donors (Lipinski definition) is 0. The van der Waals surface area contributed by atoms with Gasteiger partial charge in [-0.15, -0.1) is 0 Å². The van der Waals surface area contributed by atoms with Gasteiger partial charge in [0.2, 0.25) is 6.17 Å². The molecule has 0 bridgehead atoms. The highest BCUT2D eigenvalue weighted by atomic mass is 19.3. The minimum absolute atomic E-state index is 0.0750. The topological polar surface area (TPSA) is 52.6 Å². The summed E-state index contributed by atoms with van der Waals surface area (Å²) in [5.74, 6) is -15.4. The van der Waals surface area contributed by atoms with Crippen LogP contribution in [0.1, 0.15) is 13.8 Å². The van der Waals surface area contributed by atoms with Gasteiger partial charge < -0.3 is 9.47 Å². The molecule has 0 aliphatic carbocycles. The molecule has 2 atom stereocenters. The maximum Gasteiger partial charge on any atom is 0.378 e. The smallest absolute Gasteiger partial charge is 0.378 e. The third-order valence-electron chi connectivity index (χ3n) is 2.22. The Morgan fingerprint density at radius 1 is 0.833 bits per heavy atom. The summed E-state index contributed by atoms with van der Waals surface area (Å²) in [5.41, 5.74) is 0. The Hall–Kier alpha value is -1.88. The van der Waals surface area contributed by atoms with Gasteiger partial charge in [-0.2, -0.15) is 22.0 Å². The predicted molar refractivity (Wildman–Crippen MR) is 62.2 cm³/mol. The van der Waals surface area contributed by atoms with Crippen molar-refractivity contribution in [3.8, 4) is 0 Å². The maximum absolute atomic E-state index is 13.1. The summed E-state index contributed by atoms with van der Waals surface area (Å²) in [4.78, 5) is 21.9. The van der Waals surface area contributed by atoms with Gasteiger partial charge >= 0.3 is 30.1 Å². The van der Waals surface area contributed by atoms with Gasteiger partial charge in [-0.1, -0.05) is 0 Å². The zero-order valence-corrected chi connectivity index (χ0v) is 12.1. The number of carbonyl (C=O) groups is 2. The lowest BCUT2D eigenvalue weighted by atomic mass is 10.1. The van der Waals surface area contributed by atoms with Crippen molar-refractivity contribution in [1.29, 1.82) is 0 Å². The first kappa shape index (κ1) is 22.1. The van der Waals surface area contributed by atoms with Crippen molar-refractivity contribution in [2.75, 3.05) is 0 Å². The van der Waals surface area contributed by atoms with E-state index in [1.54, 1.807) is 0 Å². The average molecular weight is 372 g/mol. The van der Waals surface area contributed by atoms with Gasteiger partial charge in [0.15, 0.2) is 0 Å². The molecule has 0 aromatic rings. The molecule has 24 heavy (non-hydrogen) atoms. The summed E-state index contributed by atoms with van der Waals surface area (Å²) < 4.78 is 109. The summed E-state index contributed by atoms with van der Waals surface area (Å²) in [6.07, 6.45) is -13.9. The largest absolute Gasteiger partial charge is 0.460 e. The van der Waals surface area contributed by atoms with Crippen molar-refractivity contribution < 1.29 is 54.2 Å². The normalized spacial score (nSPS) is 15.7. The number of esters is 2. The molecule has 0 saturated carbocycles. The van der Waals surface area contributed by atoms with Crippen molar-refractivity contribution in [2.24, 2.45) is 0 Å². The molecule has 0 saturated heterocycles. The minimum Gasteiger partial charge on any atom is -0.460 e. The summed E-state index contributed by atoms with van der Waals surface area (Å²) >= 11 is 0. The lowest BCUT2D eigenvalue weighted by molar-refractivity contribution is -0.312. The lowest BCUT2D eigenvalue weighted by Gasteiger charge is -2.30. The predicted octanol–water partition coefficient (Wildman–Crippen LogP) is 3.21. The average Bonchev–Trinajstić information content (AvgIpc) is 2.42. The van der Waals surface area contributed by atoms with Crippen molar-refractivity contribution in [1.82, 2.24) is 0 Å². The molecule has 0 aromatic carbocycles. The Kier molecular flexibility index (Phi) is 7.64. The van der Waals surface area contributed by atoms with Crippen LogP contribution in [-0.4, -0.2) is 48.8 Å². The summed E-state index contributed by atoms with van der Waals surface area (Å²) in [6.45, 7) is 2.83. The SMILES string of the molecule is CC(C)OC(=O)C=CC(=O)OC(F)C(F)(F)C(F)(F)C(F)C(F)F. The molecule has 0 aliphatic heterocycles. The van der Waals surface area contributed by atoms with Crippen molar-refractivity contribution in [3.63, 3.8) is 0 Å². The molecule has 0 aromatic heterocycles. The number of rotatable bonds is 8. The number of hydrogen-bond acceptors (Lipinski definition) is 4. The van der Waals surface area contributed by atoms with Crippen LogP contribution >= 0.6 is 0 Å². The molecule has 0 spiro atoms. The van der Waals surface area contributed by atoms with Crippen LogP contribution in [0.25, 0.3) is 0 Å². The van der Waals surface area contributed by atoms with Gasteiger partial charge in [-0.05, 0) is 13.8 Å². The first-order valence-corrected chi connectivity index (χ1v) is 6.14. The van der Waals surface area contributed by atoms with E-state index in [0.29, 0.717) is 6.08 Å². The molecule has 0 fully saturated rings. The molecular formula is C12H12F8O4. The fourth-order valence-corrected chi connectivity index (χ4v) is 1.12. The van der Waals surface area contributed by atoms with Gasteiger partial charge in [0.25, 0.3) is 6.43 Å². The second-order valence-corrected chi connectivity index (χ2v) is 4.55. The molecule has 0 rings (SSSR count). The Morgan fingerprint density at radius 3 is 1.62 bits per heavy atom. The van der Waals surface area contributed by atoms with E-state index >= 15 is 0 Å². The fourth-order valence-electron chi connectivity index (χ4n) is 1.12. The van der Waals surface area contributed by atoms with Gasteiger partial charge in [-0.25, -0.2) is 22.8 Å². The van der Waals surface area contributed by atoms with Gasteiger partial charge in [-0.3, -0.25) is 0 Å². The standard InChI is InChI=1S/C12H12F8O4/c1-5(2)23-6(21)3-4-7(22)24-10(16)12(19,20)11(17,18)8(13)9(14)15/h3-5,8-10H,1-2H3. The molecule has 0 aliphatic rings. The highest BCUT2D eigenvalue weighted by molar-refractivity contribution is 5.91. The van der Waals surface area contributed by atoms with Crippen LogP contribution < -0.4 is 0 Å². The zero-order chi connectivity index (χ0) is 19.3. The molecule has 140 valence electrons. The maximum atomic E-state index is 13.1. The van der Waals surface area contributed by atoms with Gasteiger partial charge in [0, 0.05) is 12.2 Å². The minimum atomic E-state index is -6.15. The number of carbonyl (C=O) groups excluding carboxylic acids is 2. The second kappa shape index (κ2) is 8.29. The number of ether oxygens (including phenoxy) is 2. The van der Waals surface area contributed by atoms with Crippen molar-refractivity contribution in [2.45, 2.75) is 50.8 Å². The van der Waals surface area contributed by atoms with Crippen LogP contribution in [-0.2, 0) is 19.1 Å². The molecule has 4 nitrogen and oxygen atoms in total. The van der Waals surface area contributed by atoms with Crippen LogP contribution in [0.4, 0.5) is 35.1 Å². The van der Waals surface area contributed by atoms with E-state index in [-0.39, 0.29) is 6.08 Å². The first-order valence-electron chi connectivity index (χ1n) is 6.14. The third-order valence-corrected chi connectivity index (χ3v) is 2.22. The van der Waals surface area contributed by atoms with E-state index < -0.39 is 48.8 Å². The molecule has 2 unspecified atom stereocenters. The lowest BCUT2D eigenvalue weighted by Crippen LogP contribution is -2.56. The Balaban J connectivity index is 4.96. The van der Waals surface area contributed by atoms with Crippen LogP contribution in [0.5, 0.6) is 0 Å². The summed E-state index contributed by atoms with van der Waals surface area (Å²) in [7, 11) is 0. The Labute approximate surface area is 130 Å². The van der Waals surface area contributed by atoms with Gasteiger partial charge in [0.1, 0.15) is 0 Å². The molecule has 12 heteroatoms. The number of halogens is 8. The quantitative estimate of drug-likeness (QED) is 0.373. The van der Waals surface area contributed by atoms with Crippen LogP contribution in [0, 0.1) is 0 Å². The molecule has 0 N–H and O–H groups in total. The zero-order valence-electron chi connectivity index (χ0n) is 12.1. The van der Waals surface area contributed by atoms with Crippen LogP contribution in [0.2, 0.25) is 0 Å². The van der Waals surface area contributed by atoms with E-state index in [0.717, 1.165) is 0 Å². The molecule has 0 heterocycles. The highest BCUT2D eigenvalue weighted by Crippen LogP contribution is 2.44. The van der Waals surface area contributed by atoms with E-state index in [1.807, 2.05) is 0 Å². The fraction of sp³-hybridized carbons (Fsp3) is 0.667. The third kappa shape index (κ3) is 5.64. The monoisotopic (exact) mass is 372 g/mol.